The van der Waals surface area contributed by atoms with E-state index in [9.17, 15) is 13.2 Å². The second kappa shape index (κ2) is 6.39. The molecule has 1 aliphatic rings. The smallest absolute Gasteiger partial charge is 0.383 e. The molecule has 20 heavy (non-hydrogen) atoms. The normalized spacial score (nSPS) is 15.8. The van der Waals surface area contributed by atoms with E-state index in [1.165, 1.54) is 0 Å². The van der Waals surface area contributed by atoms with E-state index in [1.807, 2.05) is 0 Å². The summed E-state index contributed by atoms with van der Waals surface area (Å²) >= 11 is 0. The predicted octanol–water partition coefficient (Wildman–Crippen LogP) is 2.45. The van der Waals surface area contributed by atoms with Crippen LogP contribution < -0.4 is 5.73 Å². The van der Waals surface area contributed by atoms with Gasteiger partial charge in [-0.15, -0.1) is 0 Å². The van der Waals surface area contributed by atoms with Gasteiger partial charge < -0.3 is 10.5 Å². The van der Waals surface area contributed by atoms with Crippen LogP contribution in [0.2, 0.25) is 0 Å². The number of nitrogens with two attached hydrogens (primary N) is 1. The van der Waals surface area contributed by atoms with Gasteiger partial charge in [-0.1, -0.05) is 6.42 Å². The van der Waals surface area contributed by atoms with E-state index >= 15 is 0 Å². The summed E-state index contributed by atoms with van der Waals surface area (Å²) < 4.78 is 40.4. The van der Waals surface area contributed by atoms with Crippen molar-refractivity contribution in [3.8, 4) is 0 Å². The highest BCUT2D eigenvalue weighted by atomic mass is 19.4. The first kappa shape index (κ1) is 15.0. The molecule has 0 saturated carbocycles. The highest BCUT2D eigenvalue weighted by Crippen LogP contribution is 2.23. The van der Waals surface area contributed by atoms with Gasteiger partial charge in [0, 0.05) is 17.7 Å². The third kappa shape index (κ3) is 4.33. The topological polar surface area (TPSA) is 61.0 Å². The molecule has 1 heterocycles. The molecule has 0 amide bonds. The number of rotatable bonds is 4. The monoisotopic (exact) mass is 289 g/mol. The molecule has 4 nitrogen and oxygen atoms in total. The maximum absolute atomic E-state index is 11.9. The first-order valence-corrected chi connectivity index (χ1v) is 6.74. The number of nitrogens with zero attached hydrogens (tertiary/aromatic N) is 2. The SMILES string of the molecule is Nc1nc(CCOCC(F)(F)F)nc2c1CCCCC2. The molecular weight excluding hydrogens is 271 g/mol. The molecule has 0 aromatic carbocycles. The van der Waals surface area contributed by atoms with Crippen molar-refractivity contribution in [1.82, 2.24) is 9.97 Å². The number of fused-ring (bicyclic) bond motifs is 1. The number of aromatic nitrogens is 2. The number of aryl methyl sites for hydroxylation is 1. The number of nitrogen functional groups attached to an aromatic ring is 1. The van der Waals surface area contributed by atoms with Gasteiger partial charge in [0.2, 0.25) is 0 Å². The Hall–Kier alpha value is -1.37. The number of hydrogen-bond acceptors (Lipinski definition) is 4. The van der Waals surface area contributed by atoms with Gasteiger partial charge in [-0.05, 0) is 25.7 Å². The number of anilines is 1. The lowest BCUT2D eigenvalue weighted by Gasteiger charge is -2.11. The van der Waals surface area contributed by atoms with Crippen LogP contribution in [0.15, 0.2) is 0 Å². The number of halogens is 3. The van der Waals surface area contributed by atoms with Gasteiger partial charge in [-0.3, -0.25) is 0 Å². The standard InChI is InChI=1S/C13H18F3N3O/c14-13(15,16)8-20-7-6-11-18-10-5-3-1-2-4-9(10)12(17)19-11/h1-8H2,(H2,17,18,19). The molecule has 112 valence electrons. The zero-order valence-electron chi connectivity index (χ0n) is 11.2. The summed E-state index contributed by atoms with van der Waals surface area (Å²) in [6, 6.07) is 0. The Bertz CT molecular complexity index is 463. The van der Waals surface area contributed by atoms with E-state index in [1.54, 1.807) is 0 Å². The van der Waals surface area contributed by atoms with Crippen LogP contribution in [0.4, 0.5) is 19.0 Å². The fourth-order valence-corrected chi connectivity index (χ4v) is 2.32. The lowest BCUT2D eigenvalue weighted by molar-refractivity contribution is -0.173. The Labute approximate surface area is 115 Å². The summed E-state index contributed by atoms with van der Waals surface area (Å²) in [6.45, 7) is -1.30. The van der Waals surface area contributed by atoms with E-state index in [0.717, 1.165) is 43.4 Å². The van der Waals surface area contributed by atoms with Gasteiger partial charge in [0.25, 0.3) is 0 Å². The summed E-state index contributed by atoms with van der Waals surface area (Å²) in [6.07, 6.45) is 0.966. The Balaban J connectivity index is 1.96. The summed E-state index contributed by atoms with van der Waals surface area (Å²) in [7, 11) is 0. The van der Waals surface area contributed by atoms with Crippen LogP contribution >= 0.6 is 0 Å². The van der Waals surface area contributed by atoms with E-state index in [4.69, 9.17) is 5.73 Å². The Morgan fingerprint density at radius 1 is 1.10 bits per heavy atom. The van der Waals surface area contributed by atoms with Crippen LogP contribution in [0.5, 0.6) is 0 Å². The maximum Gasteiger partial charge on any atom is 0.411 e. The Morgan fingerprint density at radius 2 is 1.85 bits per heavy atom. The third-order valence-electron chi connectivity index (χ3n) is 3.25. The van der Waals surface area contributed by atoms with Gasteiger partial charge in [0.1, 0.15) is 18.2 Å². The predicted molar refractivity (Wildman–Crippen MR) is 68.3 cm³/mol. The van der Waals surface area contributed by atoms with Crippen LogP contribution in [-0.2, 0) is 24.0 Å². The molecule has 1 aromatic rings. The maximum atomic E-state index is 11.9. The zero-order valence-corrected chi connectivity index (χ0v) is 11.2. The molecule has 0 atom stereocenters. The van der Waals surface area contributed by atoms with Gasteiger partial charge in [-0.2, -0.15) is 13.2 Å². The van der Waals surface area contributed by atoms with Crippen molar-refractivity contribution in [2.75, 3.05) is 18.9 Å². The minimum atomic E-state index is -4.30. The van der Waals surface area contributed by atoms with Crippen molar-refractivity contribution in [3.05, 3.63) is 17.1 Å². The van der Waals surface area contributed by atoms with Crippen LogP contribution in [0.25, 0.3) is 0 Å². The first-order valence-electron chi connectivity index (χ1n) is 6.74. The Kier molecular flexibility index (Phi) is 4.80. The highest BCUT2D eigenvalue weighted by Gasteiger charge is 2.27. The highest BCUT2D eigenvalue weighted by molar-refractivity contribution is 5.43. The average molecular weight is 289 g/mol. The average Bonchev–Trinajstić information content (AvgIpc) is 2.59. The van der Waals surface area contributed by atoms with Crippen molar-refractivity contribution < 1.29 is 17.9 Å². The molecular formula is C13H18F3N3O. The summed E-state index contributed by atoms with van der Waals surface area (Å²) in [5.74, 6) is 0.924. The van der Waals surface area contributed by atoms with E-state index in [-0.39, 0.29) is 13.0 Å². The molecule has 7 heteroatoms. The molecule has 1 aliphatic carbocycles. The van der Waals surface area contributed by atoms with Crippen molar-refractivity contribution >= 4 is 5.82 Å². The number of ether oxygens (including phenoxy) is 1. The third-order valence-corrected chi connectivity index (χ3v) is 3.25. The molecule has 0 spiro atoms. The molecule has 2 N–H and O–H groups in total. The second-order valence-electron chi connectivity index (χ2n) is 4.93. The summed E-state index contributed by atoms with van der Waals surface area (Å²) in [5.41, 5.74) is 7.86. The molecule has 0 radical (unpaired) electrons. The summed E-state index contributed by atoms with van der Waals surface area (Å²) in [4.78, 5) is 8.58. The van der Waals surface area contributed by atoms with Crippen LogP contribution in [0.1, 0.15) is 36.3 Å². The van der Waals surface area contributed by atoms with Crippen LogP contribution in [0.3, 0.4) is 0 Å². The molecule has 2 rings (SSSR count). The number of hydrogen-bond donors (Lipinski definition) is 1. The fourth-order valence-electron chi connectivity index (χ4n) is 2.32. The van der Waals surface area contributed by atoms with Gasteiger partial charge in [-0.25, -0.2) is 9.97 Å². The molecule has 0 fully saturated rings. The quantitative estimate of drug-likeness (QED) is 0.683. The summed E-state index contributed by atoms with van der Waals surface area (Å²) in [5, 5.41) is 0. The van der Waals surface area contributed by atoms with Crippen molar-refractivity contribution in [2.24, 2.45) is 0 Å². The van der Waals surface area contributed by atoms with Crippen molar-refractivity contribution in [1.29, 1.82) is 0 Å². The first-order chi connectivity index (χ1) is 9.46. The second-order valence-corrected chi connectivity index (χ2v) is 4.93. The molecule has 0 unspecified atom stereocenters. The number of alkyl halides is 3. The largest absolute Gasteiger partial charge is 0.411 e. The fraction of sp³-hybridized carbons (Fsp3) is 0.692. The molecule has 0 saturated heterocycles. The van der Waals surface area contributed by atoms with E-state index < -0.39 is 12.8 Å². The van der Waals surface area contributed by atoms with Crippen molar-refractivity contribution in [3.63, 3.8) is 0 Å². The van der Waals surface area contributed by atoms with E-state index in [0.29, 0.717) is 11.6 Å². The lowest BCUT2D eigenvalue weighted by Crippen LogP contribution is -2.18. The minimum absolute atomic E-state index is 0.0578. The molecule has 0 aliphatic heterocycles. The van der Waals surface area contributed by atoms with Crippen LogP contribution in [-0.4, -0.2) is 29.4 Å². The van der Waals surface area contributed by atoms with Crippen LogP contribution in [0, 0.1) is 0 Å². The molecule has 1 aromatic heterocycles. The van der Waals surface area contributed by atoms with Gasteiger partial charge >= 0.3 is 6.18 Å². The zero-order chi connectivity index (χ0) is 14.6. The van der Waals surface area contributed by atoms with Gasteiger partial charge in [0.15, 0.2) is 0 Å². The minimum Gasteiger partial charge on any atom is -0.383 e. The van der Waals surface area contributed by atoms with Gasteiger partial charge in [0.05, 0.1) is 6.61 Å². The molecule has 0 bridgehead atoms. The van der Waals surface area contributed by atoms with Crippen molar-refractivity contribution in [2.45, 2.75) is 44.7 Å². The Morgan fingerprint density at radius 3 is 2.60 bits per heavy atom. The lowest BCUT2D eigenvalue weighted by atomic mass is 10.1. The van der Waals surface area contributed by atoms with E-state index in [2.05, 4.69) is 14.7 Å².